The highest BCUT2D eigenvalue weighted by atomic mass is 16.5. The fraction of sp³-hybridized carbons (Fsp3) is 0.235. The Hall–Kier alpha value is -2.09. The highest BCUT2D eigenvalue weighted by Gasteiger charge is 2.50. The average molecular weight is 251 g/mol. The summed E-state index contributed by atoms with van der Waals surface area (Å²) < 4.78 is 5.57. The minimum Gasteiger partial charge on any atom is -0.480 e. The first kappa shape index (κ1) is 12.0. The Morgan fingerprint density at radius 2 is 1.42 bits per heavy atom. The van der Waals surface area contributed by atoms with Crippen LogP contribution in [0.1, 0.15) is 18.1 Å². The second-order valence-corrected chi connectivity index (χ2v) is 5.08. The zero-order valence-electron chi connectivity index (χ0n) is 11.0. The summed E-state index contributed by atoms with van der Waals surface area (Å²) in [6, 6.07) is 20.5. The van der Waals surface area contributed by atoms with Crippen molar-refractivity contribution >= 4 is 5.90 Å². The molecule has 1 N–H and O–H groups in total. The molecule has 0 spiro atoms. The number of hydrogen-bond acceptors (Lipinski definition) is 2. The minimum absolute atomic E-state index is 0.254. The molecule has 0 aromatic heterocycles. The van der Waals surface area contributed by atoms with Gasteiger partial charge in [-0.1, -0.05) is 67.6 Å². The Kier molecular flexibility index (Phi) is 2.86. The summed E-state index contributed by atoms with van der Waals surface area (Å²) in [5, 5.41) is 8.34. The van der Waals surface area contributed by atoms with Gasteiger partial charge in [-0.15, -0.1) is 0 Å². The molecule has 1 atom stereocenters. The van der Waals surface area contributed by atoms with E-state index in [4.69, 9.17) is 10.1 Å². The molecule has 0 aliphatic carbocycles. The number of rotatable bonds is 2. The molecule has 2 nitrogen and oxygen atoms in total. The molecule has 19 heavy (non-hydrogen) atoms. The fourth-order valence-corrected chi connectivity index (χ4v) is 3.07. The molecule has 1 unspecified atom stereocenters. The smallest absolute Gasteiger partial charge is 0.196 e. The second kappa shape index (κ2) is 4.54. The van der Waals surface area contributed by atoms with Crippen LogP contribution in [0.2, 0.25) is 0 Å². The zero-order valence-corrected chi connectivity index (χ0v) is 11.0. The van der Waals surface area contributed by atoms with Gasteiger partial charge in [-0.3, -0.25) is 5.41 Å². The maximum atomic E-state index is 8.34. The zero-order chi connectivity index (χ0) is 13.3. The van der Waals surface area contributed by atoms with E-state index in [2.05, 4.69) is 31.2 Å². The van der Waals surface area contributed by atoms with E-state index in [1.165, 1.54) is 0 Å². The fourth-order valence-electron chi connectivity index (χ4n) is 3.07. The first-order valence-corrected chi connectivity index (χ1v) is 6.59. The topological polar surface area (TPSA) is 33.1 Å². The van der Waals surface area contributed by atoms with Gasteiger partial charge in [0, 0.05) is 5.92 Å². The summed E-state index contributed by atoms with van der Waals surface area (Å²) in [6.07, 6.45) is 0. The van der Waals surface area contributed by atoms with E-state index < -0.39 is 5.41 Å². The Labute approximate surface area is 113 Å². The third kappa shape index (κ3) is 1.67. The van der Waals surface area contributed by atoms with E-state index in [0.29, 0.717) is 12.5 Å². The van der Waals surface area contributed by atoms with Gasteiger partial charge in [0.1, 0.15) is 5.41 Å². The van der Waals surface area contributed by atoms with E-state index in [0.717, 1.165) is 11.1 Å². The lowest BCUT2D eigenvalue weighted by atomic mass is 9.68. The van der Waals surface area contributed by atoms with E-state index in [-0.39, 0.29) is 5.92 Å². The maximum Gasteiger partial charge on any atom is 0.196 e. The van der Waals surface area contributed by atoms with Crippen LogP contribution in [0.25, 0.3) is 0 Å². The van der Waals surface area contributed by atoms with Crippen molar-refractivity contribution in [2.45, 2.75) is 12.3 Å². The summed E-state index contributed by atoms with van der Waals surface area (Å²) in [6.45, 7) is 2.75. The lowest BCUT2D eigenvalue weighted by Gasteiger charge is -2.32. The third-order valence-corrected chi connectivity index (χ3v) is 4.03. The van der Waals surface area contributed by atoms with Crippen LogP contribution in [-0.2, 0) is 10.2 Å². The normalized spacial score (nSPS) is 21.1. The van der Waals surface area contributed by atoms with Gasteiger partial charge in [0.25, 0.3) is 0 Å². The quantitative estimate of drug-likeness (QED) is 0.869. The molecule has 0 amide bonds. The van der Waals surface area contributed by atoms with Gasteiger partial charge in [-0.2, -0.15) is 0 Å². The van der Waals surface area contributed by atoms with Gasteiger partial charge in [0.2, 0.25) is 0 Å². The molecular weight excluding hydrogens is 234 g/mol. The SMILES string of the molecule is CC1COC(=N)C1(c1ccccc1)c1ccccc1. The van der Waals surface area contributed by atoms with Crippen LogP contribution in [0.5, 0.6) is 0 Å². The van der Waals surface area contributed by atoms with Gasteiger partial charge in [-0.05, 0) is 11.1 Å². The molecule has 96 valence electrons. The van der Waals surface area contributed by atoms with Gasteiger partial charge in [-0.25, -0.2) is 0 Å². The molecule has 2 aromatic rings. The molecular formula is C17H17NO. The monoisotopic (exact) mass is 251 g/mol. The molecule has 1 aliphatic rings. The summed E-state index contributed by atoms with van der Waals surface area (Å²) in [7, 11) is 0. The van der Waals surface area contributed by atoms with Crippen molar-refractivity contribution < 1.29 is 4.74 Å². The Balaban J connectivity index is 2.25. The van der Waals surface area contributed by atoms with Crippen LogP contribution in [0.15, 0.2) is 60.7 Å². The van der Waals surface area contributed by atoms with Crippen molar-refractivity contribution in [3.63, 3.8) is 0 Å². The van der Waals surface area contributed by atoms with Crippen LogP contribution >= 0.6 is 0 Å². The maximum absolute atomic E-state index is 8.34. The predicted octanol–water partition coefficient (Wildman–Crippen LogP) is 3.62. The lowest BCUT2D eigenvalue weighted by molar-refractivity contribution is 0.302. The number of nitrogens with one attached hydrogen (secondary N) is 1. The van der Waals surface area contributed by atoms with Crippen LogP contribution in [0.3, 0.4) is 0 Å². The second-order valence-electron chi connectivity index (χ2n) is 5.08. The highest BCUT2D eigenvalue weighted by Crippen LogP contribution is 2.44. The summed E-state index contributed by atoms with van der Waals surface area (Å²) in [4.78, 5) is 0. The number of ether oxygens (including phenoxy) is 1. The van der Waals surface area contributed by atoms with E-state index >= 15 is 0 Å². The largest absolute Gasteiger partial charge is 0.480 e. The van der Waals surface area contributed by atoms with Crippen molar-refractivity contribution in [2.75, 3.05) is 6.61 Å². The Morgan fingerprint density at radius 3 is 1.79 bits per heavy atom. The minimum atomic E-state index is -0.442. The van der Waals surface area contributed by atoms with E-state index in [1.807, 2.05) is 36.4 Å². The van der Waals surface area contributed by atoms with Crippen molar-refractivity contribution in [1.82, 2.24) is 0 Å². The molecule has 0 bridgehead atoms. The molecule has 3 rings (SSSR count). The first-order chi connectivity index (χ1) is 9.26. The average Bonchev–Trinajstić information content (AvgIpc) is 2.77. The molecule has 2 heteroatoms. The Morgan fingerprint density at radius 1 is 0.947 bits per heavy atom. The number of benzene rings is 2. The van der Waals surface area contributed by atoms with Crippen molar-refractivity contribution in [3.8, 4) is 0 Å². The first-order valence-electron chi connectivity index (χ1n) is 6.59. The van der Waals surface area contributed by atoms with E-state index in [1.54, 1.807) is 0 Å². The summed E-state index contributed by atoms with van der Waals surface area (Å²) >= 11 is 0. The van der Waals surface area contributed by atoms with Crippen LogP contribution < -0.4 is 0 Å². The summed E-state index contributed by atoms with van der Waals surface area (Å²) in [5.74, 6) is 0.613. The van der Waals surface area contributed by atoms with Crippen molar-refractivity contribution in [2.24, 2.45) is 5.92 Å². The molecule has 1 saturated heterocycles. The van der Waals surface area contributed by atoms with Gasteiger partial charge in [0.15, 0.2) is 5.90 Å². The van der Waals surface area contributed by atoms with Crippen LogP contribution in [0, 0.1) is 11.3 Å². The van der Waals surface area contributed by atoms with Gasteiger partial charge in [0.05, 0.1) is 6.61 Å². The van der Waals surface area contributed by atoms with Crippen molar-refractivity contribution in [3.05, 3.63) is 71.8 Å². The van der Waals surface area contributed by atoms with Gasteiger partial charge < -0.3 is 4.74 Å². The standard InChI is InChI=1S/C17H17NO/c1-13-12-19-16(18)17(13,14-8-4-2-5-9-14)15-10-6-3-7-11-15/h2-11,13,18H,12H2,1H3. The molecule has 1 aliphatic heterocycles. The Bertz CT molecular complexity index is 537. The molecule has 1 heterocycles. The predicted molar refractivity (Wildman–Crippen MR) is 76.5 cm³/mol. The molecule has 2 aromatic carbocycles. The molecule has 1 fully saturated rings. The molecule has 0 radical (unpaired) electrons. The van der Waals surface area contributed by atoms with Crippen LogP contribution in [0.4, 0.5) is 0 Å². The number of hydrogen-bond donors (Lipinski definition) is 1. The lowest BCUT2D eigenvalue weighted by Crippen LogP contribution is -2.37. The van der Waals surface area contributed by atoms with Gasteiger partial charge >= 0.3 is 0 Å². The highest BCUT2D eigenvalue weighted by molar-refractivity contribution is 5.92. The summed E-state index contributed by atoms with van der Waals surface area (Å²) in [5.41, 5.74) is 1.83. The van der Waals surface area contributed by atoms with E-state index in [9.17, 15) is 0 Å². The van der Waals surface area contributed by atoms with Crippen LogP contribution in [-0.4, -0.2) is 12.5 Å². The van der Waals surface area contributed by atoms with Crippen molar-refractivity contribution in [1.29, 1.82) is 5.41 Å². The third-order valence-electron chi connectivity index (χ3n) is 4.03. The molecule has 0 saturated carbocycles.